The Kier molecular flexibility index (Phi) is 4.89. The number of halogens is 1. The first kappa shape index (κ1) is 15.1. The number of amides is 1. The molecule has 1 heterocycles. The standard InChI is InChI=1S/C15H22ClN3O/c1-3-19-9-7-11(8-10-19)18(2)15(20)14-12(16)5-4-6-13(14)17/h4-6,11H,3,7-10,17H2,1-2H3. The van der Waals surface area contributed by atoms with Crippen molar-refractivity contribution >= 4 is 23.2 Å². The highest BCUT2D eigenvalue weighted by atomic mass is 35.5. The highest BCUT2D eigenvalue weighted by Gasteiger charge is 2.27. The normalized spacial score (nSPS) is 17.1. The molecule has 5 heteroatoms. The molecule has 0 unspecified atom stereocenters. The van der Waals surface area contributed by atoms with Crippen molar-refractivity contribution in [3.05, 3.63) is 28.8 Å². The van der Waals surface area contributed by atoms with Gasteiger partial charge in [0.15, 0.2) is 0 Å². The number of likely N-dealkylation sites (tertiary alicyclic amines) is 1. The Morgan fingerprint density at radius 2 is 2.10 bits per heavy atom. The van der Waals surface area contributed by atoms with Crippen molar-refractivity contribution in [1.29, 1.82) is 0 Å². The first-order valence-electron chi connectivity index (χ1n) is 7.08. The molecule has 0 spiro atoms. The summed E-state index contributed by atoms with van der Waals surface area (Å²) >= 11 is 6.12. The van der Waals surface area contributed by atoms with E-state index >= 15 is 0 Å². The van der Waals surface area contributed by atoms with Gasteiger partial charge in [-0.2, -0.15) is 0 Å². The smallest absolute Gasteiger partial charge is 0.257 e. The van der Waals surface area contributed by atoms with Gasteiger partial charge < -0.3 is 15.5 Å². The van der Waals surface area contributed by atoms with E-state index in [4.69, 9.17) is 17.3 Å². The molecule has 4 nitrogen and oxygen atoms in total. The largest absolute Gasteiger partial charge is 0.398 e. The summed E-state index contributed by atoms with van der Waals surface area (Å²) in [4.78, 5) is 16.8. The minimum atomic E-state index is -0.0805. The number of nitrogens with two attached hydrogens (primary N) is 1. The number of nitrogens with zero attached hydrogens (tertiary/aromatic N) is 2. The van der Waals surface area contributed by atoms with E-state index in [0.29, 0.717) is 16.3 Å². The number of hydrogen-bond donors (Lipinski definition) is 1. The number of rotatable bonds is 3. The van der Waals surface area contributed by atoms with Crippen LogP contribution < -0.4 is 5.73 Å². The Balaban J connectivity index is 2.10. The van der Waals surface area contributed by atoms with E-state index in [1.807, 2.05) is 7.05 Å². The van der Waals surface area contributed by atoms with Crippen molar-refractivity contribution in [3.63, 3.8) is 0 Å². The zero-order valence-electron chi connectivity index (χ0n) is 12.1. The third kappa shape index (κ3) is 3.07. The summed E-state index contributed by atoms with van der Waals surface area (Å²) in [5.74, 6) is -0.0805. The van der Waals surface area contributed by atoms with Crippen LogP contribution in [0.2, 0.25) is 5.02 Å². The summed E-state index contributed by atoms with van der Waals surface area (Å²) in [7, 11) is 1.84. The summed E-state index contributed by atoms with van der Waals surface area (Å²) in [5, 5.41) is 0.424. The molecule has 1 aliphatic rings. The van der Waals surface area contributed by atoms with Crippen LogP contribution in [0.5, 0.6) is 0 Å². The molecule has 1 saturated heterocycles. The Hall–Kier alpha value is -1.26. The third-order valence-corrected chi connectivity index (χ3v) is 4.45. The van der Waals surface area contributed by atoms with Crippen LogP contribution in [-0.2, 0) is 0 Å². The molecule has 1 fully saturated rings. The predicted octanol–water partition coefficient (Wildman–Crippen LogP) is 2.48. The average molecular weight is 296 g/mol. The minimum absolute atomic E-state index is 0.0805. The lowest BCUT2D eigenvalue weighted by atomic mass is 10.0. The van der Waals surface area contributed by atoms with Gasteiger partial charge in [-0.25, -0.2) is 0 Å². The number of anilines is 1. The summed E-state index contributed by atoms with van der Waals surface area (Å²) in [5.41, 5.74) is 6.76. The van der Waals surface area contributed by atoms with Gasteiger partial charge in [0.2, 0.25) is 0 Å². The van der Waals surface area contributed by atoms with Gasteiger partial charge >= 0.3 is 0 Å². The van der Waals surface area contributed by atoms with Crippen molar-refractivity contribution in [2.45, 2.75) is 25.8 Å². The van der Waals surface area contributed by atoms with E-state index < -0.39 is 0 Å². The van der Waals surface area contributed by atoms with Gasteiger partial charge in [0.25, 0.3) is 5.91 Å². The average Bonchev–Trinajstić information content (AvgIpc) is 2.46. The monoisotopic (exact) mass is 295 g/mol. The quantitative estimate of drug-likeness (QED) is 0.872. The van der Waals surface area contributed by atoms with Crippen LogP contribution >= 0.6 is 11.6 Å². The second kappa shape index (κ2) is 6.46. The van der Waals surface area contributed by atoms with E-state index in [2.05, 4.69) is 11.8 Å². The molecular formula is C15H22ClN3O. The zero-order valence-corrected chi connectivity index (χ0v) is 12.9. The van der Waals surface area contributed by atoms with Crippen LogP contribution in [0.1, 0.15) is 30.1 Å². The predicted molar refractivity (Wildman–Crippen MR) is 83.1 cm³/mol. The third-order valence-electron chi connectivity index (χ3n) is 4.13. The molecule has 1 aromatic carbocycles. The van der Waals surface area contributed by atoms with Crippen molar-refractivity contribution in [2.75, 3.05) is 32.4 Å². The van der Waals surface area contributed by atoms with Crippen LogP contribution in [0, 0.1) is 0 Å². The van der Waals surface area contributed by atoms with Crippen LogP contribution in [-0.4, -0.2) is 48.4 Å². The van der Waals surface area contributed by atoms with Gasteiger partial charge in [-0.15, -0.1) is 0 Å². The van der Waals surface area contributed by atoms with Gasteiger partial charge in [-0.05, 0) is 31.5 Å². The van der Waals surface area contributed by atoms with E-state index in [9.17, 15) is 4.79 Å². The van der Waals surface area contributed by atoms with Crippen molar-refractivity contribution in [1.82, 2.24) is 9.80 Å². The second-order valence-electron chi connectivity index (χ2n) is 5.29. The first-order chi connectivity index (χ1) is 9.54. The molecule has 0 aliphatic carbocycles. The molecule has 2 N–H and O–H groups in total. The summed E-state index contributed by atoms with van der Waals surface area (Å²) in [6.45, 7) is 5.31. The highest BCUT2D eigenvalue weighted by Crippen LogP contribution is 2.25. The van der Waals surface area contributed by atoms with Gasteiger partial charge in [-0.1, -0.05) is 24.6 Å². The molecule has 1 amide bonds. The first-order valence-corrected chi connectivity index (χ1v) is 7.46. The molecule has 20 heavy (non-hydrogen) atoms. The van der Waals surface area contributed by atoms with Crippen LogP contribution in [0.4, 0.5) is 5.69 Å². The fourth-order valence-electron chi connectivity index (χ4n) is 2.73. The van der Waals surface area contributed by atoms with Crippen LogP contribution in [0.25, 0.3) is 0 Å². The Morgan fingerprint density at radius 1 is 1.45 bits per heavy atom. The lowest BCUT2D eigenvalue weighted by Gasteiger charge is -2.36. The Morgan fingerprint density at radius 3 is 2.65 bits per heavy atom. The number of piperidine rings is 1. The molecule has 0 aromatic heterocycles. The second-order valence-corrected chi connectivity index (χ2v) is 5.69. The van der Waals surface area contributed by atoms with E-state index in [1.165, 1.54) is 0 Å². The maximum absolute atomic E-state index is 12.6. The lowest BCUT2D eigenvalue weighted by Crippen LogP contribution is -2.45. The number of benzene rings is 1. The maximum atomic E-state index is 12.6. The Labute approximate surface area is 125 Å². The molecule has 110 valence electrons. The van der Waals surface area contributed by atoms with E-state index in [0.717, 1.165) is 32.5 Å². The highest BCUT2D eigenvalue weighted by molar-refractivity contribution is 6.34. The van der Waals surface area contributed by atoms with Gasteiger partial charge in [0.1, 0.15) is 0 Å². The molecule has 0 radical (unpaired) electrons. The minimum Gasteiger partial charge on any atom is -0.398 e. The van der Waals surface area contributed by atoms with Crippen LogP contribution in [0.15, 0.2) is 18.2 Å². The molecule has 0 atom stereocenters. The molecule has 0 saturated carbocycles. The van der Waals surface area contributed by atoms with E-state index in [-0.39, 0.29) is 11.9 Å². The Bertz CT molecular complexity index is 464. The molecule has 1 aromatic rings. The number of nitrogen functional groups attached to an aromatic ring is 1. The molecule has 2 rings (SSSR count). The van der Waals surface area contributed by atoms with E-state index in [1.54, 1.807) is 23.1 Å². The van der Waals surface area contributed by atoms with Gasteiger partial charge in [0, 0.05) is 31.9 Å². The fourth-order valence-corrected chi connectivity index (χ4v) is 2.99. The zero-order chi connectivity index (χ0) is 14.7. The summed E-state index contributed by atoms with van der Waals surface area (Å²) in [6, 6.07) is 5.44. The SMILES string of the molecule is CCN1CCC(N(C)C(=O)c2c(N)cccc2Cl)CC1. The van der Waals surface area contributed by atoms with Crippen molar-refractivity contribution < 1.29 is 4.79 Å². The maximum Gasteiger partial charge on any atom is 0.257 e. The van der Waals surface area contributed by atoms with Gasteiger partial charge in [-0.3, -0.25) is 4.79 Å². The topological polar surface area (TPSA) is 49.6 Å². The summed E-state index contributed by atoms with van der Waals surface area (Å²) in [6.07, 6.45) is 2.00. The molecule has 0 bridgehead atoms. The fraction of sp³-hybridized carbons (Fsp3) is 0.533. The van der Waals surface area contributed by atoms with Crippen molar-refractivity contribution in [2.24, 2.45) is 0 Å². The molecule has 1 aliphatic heterocycles. The summed E-state index contributed by atoms with van der Waals surface area (Å²) < 4.78 is 0. The van der Waals surface area contributed by atoms with Crippen LogP contribution in [0.3, 0.4) is 0 Å². The number of carbonyl (C=O) groups excluding carboxylic acids is 1. The lowest BCUT2D eigenvalue weighted by molar-refractivity contribution is 0.0648. The molecular weight excluding hydrogens is 274 g/mol. The number of hydrogen-bond acceptors (Lipinski definition) is 3. The van der Waals surface area contributed by atoms with Gasteiger partial charge in [0.05, 0.1) is 10.6 Å². The van der Waals surface area contributed by atoms with Crippen molar-refractivity contribution in [3.8, 4) is 0 Å². The number of carbonyl (C=O) groups is 1.